The van der Waals surface area contributed by atoms with Crippen molar-refractivity contribution >= 4 is 5.78 Å². The quantitative estimate of drug-likeness (QED) is 0.411. The summed E-state index contributed by atoms with van der Waals surface area (Å²) in [5, 5.41) is 0. The number of furan rings is 1. The van der Waals surface area contributed by atoms with Crippen molar-refractivity contribution in [1.29, 1.82) is 0 Å². The van der Waals surface area contributed by atoms with Gasteiger partial charge in [0.25, 0.3) is 0 Å². The lowest BCUT2D eigenvalue weighted by Gasteiger charge is -2.07. The van der Waals surface area contributed by atoms with Crippen LogP contribution in [0.2, 0.25) is 0 Å². The molecule has 0 bridgehead atoms. The third-order valence-corrected chi connectivity index (χ3v) is 3.85. The van der Waals surface area contributed by atoms with Gasteiger partial charge < -0.3 is 8.98 Å². The average Bonchev–Trinajstić information content (AvgIpc) is 3.33. The Morgan fingerprint density at radius 2 is 1.96 bits per heavy atom. The van der Waals surface area contributed by atoms with Gasteiger partial charge in [-0.3, -0.25) is 4.79 Å². The van der Waals surface area contributed by atoms with Gasteiger partial charge in [0.05, 0.1) is 11.8 Å². The van der Waals surface area contributed by atoms with Crippen molar-refractivity contribution in [2.45, 2.75) is 0 Å². The van der Waals surface area contributed by atoms with Gasteiger partial charge in [-0.1, -0.05) is 12.1 Å². The second kappa shape index (κ2) is 6.36. The number of hydrogen-bond acceptors (Lipinski definition) is 4. The largest absolute Gasteiger partial charge is 0.461 e. The third-order valence-electron chi connectivity index (χ3n) is 3.85. The molecule has 0 N–H and O–H groups in total. The van der Waals surface area contributed by atoms with Gasteiger partial charge in [-0.2, -0.15) is 4.39 Å². The van der Waals surface area contributed by atoms with Crippen molar-refractivity contribution in [1.82, 2.24) is 14.5 Å². The molecule has 3 aromatic heterocycles. The molecule has 5 nitrogen and oxygen atoms in total. The summed E-state index contributed by atoms with van der Waals surface area (Å²) >= 11 is 0. The summed E-state index contributed by atoms with van der Waals surface area (Å²) in [7, 11) is 0. The highest BCUT2D eigenvalue weighted by atomic mass is 19.1. The maximum atomic E-state index is 14.0. The number of rotatable bonds is 4. The number of imidazole rings is 1. The Morgan fingerprint density at radius 3 is 2.73 bits per heavy atom. The lowest BCUT2D eigenvalue weighted by Crippen LogP contribution is -2.00. The maximum absolute atomic E-state index is 14.0. The molecule has 0 saturated carbocycles. The number of hydrogen-bond donors (Lipinski definition) is 0. The normalized spacial score (nSPS) is 10.8. The first-order valence-corrected chi connectivity index (χ1v) is 7.66. The van der Waals surface area contributed by atoms with E-state index < -0.39 is 11.8 Å². The summed E-state index contributed by atoms with van der Waals surface area (Å²) in [6, 6.07) is 10.8. The molecule has 0 fully saturated rings. The van der Waals surface area contributed by atoms with Crippen LogP contribution in [0.15, 0.2) is 71.9 Å². The van der Waals surface area contributed by atoms with E-state index in [1.165, 1.54) is 18.8 Å². The zero-order valence-electron chi connectivity index (χ0n) is 13.3. The van der Waals surface area contributed by atoms with Crippen molar-refractivity contribution in [3.05, 3.63) is 90.7 Å². The van der Waals surface area contributed by atoms with E-state index in [1.807, 2.05) is 0 Å². The van der Waals surface area contributed by atoms with Gasteiger partial charge in [-0.25, -0.2) is 14.4 Å². The molecule has 4 rings (SSSR count). The van der Waals surface area contributed by atoms with Gasteiger partial charge >= 0.3 is 0 Å². The predicted octanol–water partition coefficient (Wildman–Crippen LogP) is 4.04. The number of aromatic nitrogens is 3. The smallest absolute Gasteiger partial charge is 0.248 e. The molecular weight excluding hydrogens is 340 g/mol. The van der Waals surface area contributed by atoms with E-state index in [4.69, 9.17) is 4.42 Å². The van der Waals surface area contributed by atoms with Crippen molar-refractivity contribution < 1.29 is 18.0 Å². The highest BCUT2D eigenvalue weighted by Gasteiger charge is 2.16. The van der Waals surface area contributed by atoms with Gasteiger partial charge in [0.2, 0.25) is 11.7 Å². The number of halogens is 2. The molecule has 0 amide bonds. The first kappa shape index (κ1) is 15.9. The molecule has 0 aliphatic rings. The van der Waals surface area contributed by atoms with Crippen LogP contribution in [0.5, 0.6) is 0 Å². The molecule has 3 heterocycles. The van der Waals surface area contributed by atoms with E-state index >= 15 is 0 Å². The van der Waals surface area contributed by atoms with Crippen LogP contribution in [0.4, 0.5) is 8.78 Å². The first-order valence-electron chi connectivity index (χ1n) is 7.66. The Hall–Kier alpha value is -3.61. The lowest BCUT2D eigenvalue weighted by molar-refractivity contribution is 0.100. The predicted molar refractivity (Wildman–Crippen MR) is 88.9 cm³/mol. The minimum Gasteiger partial charge on any atom is -0.461 e. The molecule has 1 aromatic carbocycles. The second-order valence-corrected chi connectivity index (χ2v) is 5.48. The van der Waals surface area contributed by atoms with E-state index in [0.717, 1.165) is 12.3 Å². The summed E-state index contributed by atoms with van der Waals surface area (Å²) in [4.78, 5) is 19.8. The summed E-state index contributed by atoms with van der Waals surface area (Å²) in [5.41, 5.74) is 0.916. The monoisotopic (exact) mass is 351 g/mol. The Labute approximate surface area is 146 Å². The van der Waals surface area contributed by atoms with E-state index in [-0.39, 0.29) is 22.8 Å². The van der Waals surface area contributed by atoms with Gasteiger partial charge in [-0.05, 0) is 35.9 Å². The Kier molecular flexibility index (Phi) is 3.89. The van der Waals surface area contributed by atoms with Crippen LogP contribution in [-0.2, 0) is 0 Å². The number of nitrogens with zero attached hydrogens (tertiary/aromatic N) is 3. The van der Waals surface area contributed by atoms with Gasteiger partial charge in [0.15, 0.2) is 5.76 Å². The van der Waals surface area contributed by atoms with Crippen molar-refractivity contribution in [2.75, 3.05) is 0 Å². The highest BCUT2D eigenvalue weighted by molar-refractivity contribution is 6.05. The molecule has 128 valence electrons. The second-order valence-electron chi connectivity index (χ2n) is 5.48. The number of carbonyl (C=O) groups excluding carboxylic acids is 1. The molecule has 0 radical (unpaired) electrons. The van der Waals surface area contributed by atoms with Crippen LogP contribution >= 0.6 is 0 Å². The summed E-state index contributed by atoms with van der Waals surface area (Å²) in [5.74, 6) is -1.76. The average molecular weight is 351 g/mol. The molecule has 7 heteroatoms. The van der Waals surface area contributed by atoms with Crippen LogP contribution < -0.4 is 0 Å². The number of ketones is 1. The molecule has 4 aromatic rings. The van der Waals surface area contributed by atoms with E-state index in [9.17, 15) is 13.6 Å². The Balaban J connectivity index is 1.71. The van der Waals surface area contributed by atoms with E-state index in [0.29, 0.717) is 11.3 Å². The van der Waals surface area contributed by atoms with Gasteiger partial charge in [-0.15, -0.1) is 0 Å². The summed E-state index contributed by atoms with van der Waals surface area (Å²) in [6.45, 7) is 0. The zero-order chi connectivity index (χ0) is 18.1. The van der Waals surface area contributed by atoms with E-state index in [1.54, 1.807) is 41.0 Å². The van der Waals surface area contributed by atoms with Crippen LogP contribution in [0.1, 0.15) is 16.2 Å². The molecular formula is C19H11F2N3O2. The molecule has 26 heavy (non-hydrogen) atoms. The van der Waals surface area contributed by atoms with Crippen LogP contribution in [0.25, 0.3) is 16.8 Å². The van der Waals surface area contributed by atoms with E-state index in [2.05, 4.69) is 9.97 Å². The maximum Gasteiger partial charge on any atom is 0.248 e. The van der Waals surface area contributed by atoms with Crippen LogP contribution in [0.3, 0.4) is 0 Å². The minimum absolute atomic E-state index is 0.184. The zero-order valence-corrected chi connectivity index (χ0v) is 13.3. The van der Waals surface area contributed by atoms with Crippen LogP contribution in [-0.4, -0.2) is 20.3 Å². The fourth-order valence-corrected chi connectivity index (χ4v) is 2.61. The molecule has 0 atom stereocenters. The third kappa shape index (κ3) is 2.79. The lowest BCUT2D eigenvalue weighted by atomic mass is 10.1. The Bertz CT molecular complexity index is 1070. The standard InChI is InChI=1S/C19H11F2N3O2/c20-14-6-7-22-19(21)17(14)12-3-1-4-13(9-12)24-10-15(23-11-24)18(25)16-5-2-8-26-16/h1-11H. The summed E-state index contributed by atoms with van der Waals surface area (Å²) in [6.07, 6.45) is 5.45. The van der Waals surface area contributed by atoms with Gasteiger partial charge in [0, 0.05) is 18.1 Å². The highest BCUT2D eigenvalue weighted by Crippen LogP contribution is 2.26. The molecule has 0 spiro atoms. The molecule has 0 aliphatic heterocycles. The molecule has 0 unspecified atom stereocenters. The number of pyridine rings is 1. The van der Waals surface area contributed by atoms with Gasteiger partial charge in [0.1, 0.15) is 17.8 Å². The molecule has 0 saturated heterocycles. The fourth-order valence-electron chi connectivity index (χ4n) is 2.61. The van der Waals surface area contributed by atoms with Crippen molar-refractivity contribution in [3.63, 3.8) is 0 Å². The van der Waals surface area contributed by atoms with Crippen molar-refractivity contribution in [3.8, 4) is 16.8 Å². The Morgan fingerprint density at radius 1 is 1.08 bits per heavy atom. The fraction of sp³-hybridized carbons (Fsp3) is 0. The minimum atomic E-state index is -0.888. The first-order chi connectivity index (χ1) is 12.6. The van der Waals surface area contributed by atoms with Crippen molar-refractivity contribution in [2.24, 2.45) is 0 Å². The molecule has 0 aliphatic carbocycles. The number of carbonyl (C=O) groups is 1. The number of benzene rings is 1. The summed E-state index contributed by atoms with van der Waals surface area (Å²) < 4.78 is 34.6. The SMILES string of the molecule is O=C(c1cn(-c2cccc(-c3c(F)ccnc3F)c2)cn1)c1ccco1. The van der Waals surface area contributed by atoms with Crippen LogP contribution in [0, 0.1) is 11.8 Å². The topological polar surface area (TPSA) is 60.9 Å².